The molecule has 31 heavy (non-hydrogen) atoms. The van der Waals surface area contributed by atoms with Crippen LogP contribution < -0.4 is 15.8 Å². The minimum atomic E-state index is -0.127. The molecule has 0 spiro atoms. The van der Waals surface area contributed by atoms with Crippen molar-refractivity contribution in [1.29, 1.82) is 0 Å². The molecule has 0 saturated carbocycles. The Kier molecular flexibility index (Phi) is 6.62. The number of hydrogen-bond donors (Lipinski definition) is 1. The molecule has 0 unspecified atom stereocenters. The van der Waals surface area contributed by atoms with Crippen LogP contribution in [0.25, 0.3) is 10.3 Å². The summed E-state index contributed by atoms with van der Waals surface area (Å²) in [6.45, 7) is 8.57. The molecule has 0 aliphatic carbocycles. The maximum Gasteiger partial charge on any atom is 0.273 e. The number of nitrogens with zero attached hydrogens (tertiary/aromatic N) is 4. The minimum absolute atomic E-state index is 0.0801. The van der Waals surface area contributed by atoms with Crippen LogP contribution in [0, 0.1) is 12.8 Å². The summed E-state index contributed by atoms with van der Waals surface area (Å²) in [6.07, 6.45) is 2.28. The second kappa shape index (κ2) is 9.40. The number of para-hydroxylation sites is 1. The number of carbonyl (C=O) groups excluding carboxylic acids is 1. The zero-order chi connectivity index (χ0) is 22.0. The van der Waals surface area contributed by atoms with Crippen LogP contribution in [0.1, 0.15) is 32.3 Å². The molecule has 164 valence electrons. The summed E-state index contributed by atoms with van der Waals surface area (Å²) >= 11 is 2.70. The van der Waals surface area contributed by atoms with Gasteiger partial charge in [-0.1, -0.05) is 48.2 Å². The van der Waals surface area contributed by atoms with E-state index in [2.05, 4.69) is 27.1 Å². The number of aromatic nitrogens is 3. The molecule has 1 aliphatic heterocycles. The minimum Gasteiger partial charge on any atom is -0.348 e. The number of aryl methyl sites for hydroxylation is 1. The van der Waals surface area contributed by atoms with E-state index >= 15 is 0 Å². The third kappa shape index (κ3) is 4.77. The van der Waals surface area contributed by atoms with E-state index in [1.807, 2.05) is 38.1 Å². The average molecular weight is 458 g/mol. The number of thioether (sulfide) groups is 1. The topological polar surface area (TPSA) is 80.1 Å². The zero-order valence-corrected chi connectivity index (χ0v) is 19.7. The monoisotopic (exact) mass is 457 g/mol. The maximum atomic E-state index is 13.1. The maximum absolute atomic E-state index is 13.1. The number of thiazole rings is 1. The van der Waals surface area contributed by atoms with Crippen molar-refractivity contribution in [1.82, 2.24) is 14.5 Å². The first kappa shape index (κ1) is 21.8. The Labute approximate surface area is 189 Å². The van der Waals surface area contributed by atoms with Crippen LogP contribution >= 0.6 is 23.1 Å². The van der Waals surface area contributed by atoms with Gasteiger partial charge in [-0.05, 0) is 44.2 Å². The number of carbonyl (C=O) groups is 1. The molecule has 1 amide bonds. The third-order valence-electron chi connectivity index (χ3n) is 5.59. The summed E-state index contributed by atoms with van der Waals surface area (Å²) < 4.78 is 2.22. The van der Waals surface area contributed by atoms with E-state index in [4.69, 9.17) is 0 Å². The second-order valence-electron chi connectivity index (χ2n) is 7.91. The molecule has 0 bridgehead atoms. The number of piperidine rings is 1. The van der Waals surface area contributed by atoms with E-state index in [1.165, 1.54) is 23.1 Å². The van der Waals surface area contributed by atoms with Crippen molar-refractivity contribution in [2.24, 2.45) is 5.92 Å². The molecule has 3 heterocycles. The van der Waals surface area contributed by atoms with Crippen LogP contribution in [0.4, 0.5) is 10.8 Å². The van der Waals surface area contributed by atoms with Crippen LogP contribution in [0.3, 0.4) is 0 Å². The second-order valence-corrected chi connectivity index (χ2v) is 9.83. The molecule has 4 rings (SSSR count). The lowest BCUT2D eigenvalue weighted by Gasteiger charge is -2.29. The quantitative estimate of drug-likeness (QED) is 0.442. The number of anilines is 2. The van der Waals surface area contributed by atoms with Crippen molar-refractivity contribution in [3.05, 3.63) is 40.2 Å². The summed E-state index contributed by atoms with van der Waals surface area (Å²) in [5.41, 5.74) is 2.20. The van der Waals surface area contributed by atoms with Gasteiger partial charge in [0.05, 0.1) is 5.75 Å². The summed E-state index contributed by atoms with van der Waals surface area (Å²) in [6, 6.07) is 7.66. The van der Waals surface area contributed by atoms with E-state index in [-0.39, 0.29) is 17.2 Å². The Morgan fingerprint density at radius 3 is 2.71 bits per heavy atom. The Morgan fingerprint density at radius 1 is 1.26 bits per heavy atom. The van der Waals surface area contributed by atoms with Crippen molar-refractivity contribution >= 4 is 50.2 Å². The molecular weight excluding hydrogens is 430 g/mol. The molecule has 1 aliphatic rings. The van der Waals surface area contributed by atoms with Gasteiger partial charge < -0.3 is 10.2 Å². The first-order valence-electron chi connectivity index (χ1n) is 10.6. The van der Waals surface area contributed by atoms with Crippen LogP contribution in [-0.4, -0.2) is 39.3 Å². The van der Waals surface area contributed by atoms with Crippen LogP contribution in [0.15, 0.2) is 34.2 Å². The van der Waals surface area contributed by atoms with Crippen molar-refractivity contribution in [2.45, 2.75) is 45.3 Å². The van der Waals surface area contributed by atoms with E-state index in [0.29, 0.717) is 22.0 Å². The van der Waals surface area contributed by atoms with Gasteiger partial charge in [-0.2, -0.15) is 4.98 Å². The third-order valence-corrected chi connectivity index (χ3v) is 7.66. The van der Waals surface area contributed by atoms with Gasteiger partial charge in [-0.25, -0.2) is 4.98 Å². The van der Waals surface area contributed by atoms with Crippen LogP contribution in [0.5, 0.6) is 0 Å². The predicted octanol–water partition coefficient (Wildman–Crippen LogP) is 4.15. The molecule has 1 fully saturated rings. The van der Waals surface area contributed by atoms with Crippen LogP contribution in [0.2, 0.25) is 0 Å². The standard InChI is InChI=1S/C22H27N5O2S2/c1-4-27-20(29)18-19(24-21(31-18)26-11-9-14(2)10-12-26)25-22(27)30-13-17(28)23-16-8-6-5-7-15(16)3/h5-8,14H,4,9-13H2,1-3H3,(H,23,28). The average Bonchev–Trinajstić information content (AvgIpc) is 3.19. The number of rotatable bonds is 6. The van der Waals surface area contributed by atoms with Crippen molar-refractivity contribution in [3.63, 3.8) is 0 Å². The number of fused-ring (bicyclic) bond motifs is 1. The SMILES string of the molecule is CCn1c(SCC(=O)Nc2ccccc2C)nc2nc(N3CCC(C)CC3)sc2c1=O. The molecule has 7 nitrogen and oxygen atoms in total. The molecule has 9 heteroatoms. The molecule has 3 aromatic rings. The van der Waals surface area contributed by atoms with Gasteiger partial charge >= 0.3 is 0 Å². The molecule has 1 saturated heterocycles. The molecular formula is C22H27N5O2S2. The molecule has 1 N–H and O–H groups in total. The van der Waals surface area contributed by atoms with Crippen molar-refractivity contribution < 1.29 is 4.79 Å². The molecule has 0 radical (unpaired) electrons. The fourth-order valence-electron chi connectivity index (χ4n) is 3.63. The zero-order valence-electron chi connectivity index (χ0n) is 18.1. The van der Waals surface area contributed by atoms with E-state index in [1.54, 1.807) is 4.57 Å². The lowest BCUT2D eigenvalue weighted by molar-refractivity contribution is -0.113. The molecule has 2 aromatic heterocycles. The molecule has 1 aromatic carbocycles. The number of hydrogen-bond acceptors (Lipinski definition) is 7. The molecule has 0 atom stereocenters. The highest BCUT2D eigenvalue weighted by Crippen LogP contribution is 2.30. The van der Waals surface area contributed by atoms with Crippen molar-refractivity contribution in [2.75, 3.05) is 29.1 Å². The Hall–Kier alpha value is -2.39. The van der Waals surface area contributed by atoms with E-state index in [9.17, 15) is 9.59 Å². The first-order valence-corrected chi connectivity index (χ1v) is 12.4. The summed E-state index contributed by atoms with van der Waals surface area (Å²) in [7, 11) is 0. The van der Waals surface area contributed by atoms with Gasteiger partial charge in [0.25, 0.3) is 5.56 Å². The van der Waals surface area contributed by atoms with Gasteiger partial charge in [-0.3, -0.25) is 14.2 Å². The van der Waals surface area contributed by atoms with E-state index < -0.39 is 0 Å². The van der Waals surface area contributed by atoms with Crippen LogP contribution in [-0.2, 0) is 11.3 Å². The fraction of sp³-hybridized carbons (Fsp3) is 0.455. The number of benzene rings is 1. The summed E-state index contributed by atoms with van der Waals surface area (Å²) in [5.74, 6) is 0.778. The van der Waals surface area contributed by atoms with Crippen molar-refractivity contribution in [3.8, 4) is 0 Å². The largest absolute Gasteiger partial charge is 0.348 e. The highest BCUT2D eigenvalue weighted by atomic mass is 32.2. The van der Waals surface area contributed by atoms with Gasteiger partial charge in [0.15, 0.2) is 15.9 Å². The Morgan fingerprint density at radius 2 is 2.00 bits per heavy atom. The Bertz CT molecular complexity index is 1150. The predicted molar refractivity (Wildman–Crippen MR) is 128 cm³/mol. The summed E-state index contributed by atoms with van der Waals surface area (Å²) in [5, 5.41) is 4.33. The Balaban J connectivity index is 1.54. The lowest BCUT2D eigenvalue weighted by atomic mass is 10.00. The van der Waals surface area contributed by atoms with E-state index in [0.717, 1.165) is 48.2 Å². The highest BCUT2D eigenvalue weighted by Gasteiger charge is 2.22. The smallest absolute Gasteiger partial charge is 0.273 e. The van der Waals surface area contributed by atoms with Gasteiger partial charge in [0, 0.05) is 25.3 Å². The first-order chi connectivity index (χ1) is 15.0. The lowest BCUT2D eigenvalue weighted by Crippen LogP contribution is -2.32. The number of amides is 1. The number of nitrogens with one attached hydrogen (secondary N) is 1. The van der Waals surface area contributed by atoms with Gasteiger partial charge in [0.2, 0.25) is 5.91 Å². The van der Waals surface area contributed by atoms with Gasteiger partial charge in [-0.15, -0.1) is 0 Å². The normalized spacial score (nSPS) is 14.9. The summed E-state index contributed by atoms with van der Waals surface area (Å²) in [4.78, 5) is 37.1. The van der Waals surface area contributed by atoms with Gasteiger partial charge in [0.1, 0.15) is 4.70 Å². The highest BCUT2D eigenvalue weighted by molar-refractivity contribution is 7.99. The fourth-order valence-corrected chi connectivity index (χ4v) is 5.49.